The van der Waals surface area contributed by atoms with E-state index in [4.69, 9.17) is 0 Å². The predicted octanol–water partition coefficient (Wildman–Crippen LogP) is 1.28. The molecule has 6 heavy (non-hydrogen) atoms. The summed E-state index contributed by atoms with van der Waals surface area (Å²) in [5.41, 5.74) is 0. The van der Waals surface area contributed by atoms with Crippen molar-refractivity contribution in [1.82, 2.24) is 0 Å². The maximum Gasteiger partial charge on any atom is -0.0386 e. The molecule has 0 saturated carbocycles. The third kappa shape index (κ3) is 904. The fraction of sp³-hybridized carbons (Fsp3) is 0.800. The second kappa shape index (κ2) is 0.890. The first-order valence-electron chi connectivity index (χ1n) is 1.92. The van der Waals surface area contributed by atoms with E-state index in [9.17, 15) is 0 Å². The van der Waals surface area contributed by atoms with Crippen LogP contribution in [0.5, 0.6) is 0 Å². The highest BCUT2D eigenvalue weighted by atomic mass is 32.3. The molecule has 0 aromatic rings. The molecular weight excluding hydrogens is 92.1 g/mol. The van der Waals surface area contributed by atoms with Gasteiger partial charge in [-0.15, -0.1) is 0 Å². The zero-order valence-electron chi connectivity index (χ0n) is 5.12. The van der Waals surface area contributed by atoms with Crippen LogP contribution in [0.3, 0.4) is 0 Å². The molecule has 0 aliphatic carbocycles. The van der Waals surface area contributed by atoms with E-state index in [1.54, 1.807) is 0 Å². The van der Waals surface area contributed by atoms with Gasteiger partial charge in [0.1, 0.15) is 0 Å². The molecule has 0 aromatic heterocycles. The first-order chi connectivity index (χ1) is 2.24. The summed E-state index contributed by atoms with van der Waals surface area (Å²) in [6.45, 7) is 0. The molecule has 0 spiro atoms. The minimum atomic E-state index is -1.10. The topological polar surface area (TPSA) is 0 Å². The molecule has 0 bridgehead atoms. The van der Waals surface area contributed by atoms with Crippen molar-refractivity contribution in [3.05, 3.63) is 0 Å². The van der Waals surface area contributed by atoms with Crippen LogP contribution in [0.2, 0.25) is 0 Å². The van der Waals surface area contributed by atoms with Crippen LogP contribution < -0.4 is 0 Å². The SMILES string of the molecule is C=S(C)(C)(C)C. The fourth-order valence-corrected chi connectivity index (χ4v) is 0. The molecule has 1 heteroatoms. The summed E-state index contributed by atoms with van der Waals surface area (Å²) in [6.07, 6.45) is 8.82. The molecule has 0 atom stereocenters. The number of hydrogen-bond donors (Lipinski definition) is 0. The van der Waals surface area contributed by atoms with Gasteiger partial charge in [-0.3, -0.25) is 8.75 Å². The van der Waals surface area contributed by atoms with Gasteiger partial charge in [0.2, 0.25) is 0 Å². The molecular formula is C5H14S. The standard InChI is InChI=1S/C5H14S/c1-6(2,3,4)5/h1H2,2-5H3. The Morgan fingerprint density at radius 2 is 1.00 bits per heavy atom. The fourth-order valence-electron chi connectivity index (χ4n) is 0. The smallest absolute Gasteiger partial charge is 0.0386 e. The van der Waals surface area contributed by atoms with Gasteiger partial charge in [-0.25, -0.2) is 0 Å². The average molecular weight is 106 g/mol. The van der Waals surface area contributed by atoms with Gasteiger partial charge in [0, 0.05) is 0 Å². The van der Waals surface area contributed by atoms with E-state index < -0.39 is 8.75 Å². The largest absolute Gasteiger partial charge is 0.261 e. The zero-order valence-corrected chi connectivity index (χ0v) is 5.93. The Labute approximate surface area is 40.4 Å². The zero-order chi connectivity index (χ0) is 5.45. The van der Waals surface area contributed by atoms with E-state index >= 15 is 0 Å². The monoisotopic (exact) mass is 106 g/mol. The van der Waals surface area contributed by atoms with Crippen molar-refractivity contribution in [1.29, 1.82) is 0 Å². The second-order valence-corrected chi connectivity index (χ2v) is 10.8. The van der Waals surface area contributed by atoms with Crippen LogP contribution in [0.1, 0.15) is 0 Å². The molecule has 0 amide bonds. The Hall–Kier alpha value is 0.220. The van der Waals surface area contributed by atoms with Gasteiger partial charge in [0.15, 0.2) is 0 Å². The van der Waals surface area contributed by atoms with Crippen molar-refractivity contribution < 1.29 is 0 Å². The van der Waals surface area contributed by atoms with E-state index in [2.05, 4.69) is 30.9 Å². The predicted molar refractivity (Wildman–Crippen MR) is 38.4 cm³/mol. The van der Waals surface area contributed by atoms with Crippen LogP contribution in [0.15, 0.2) is 0 Å². The lowest BCUT2D eigenvalue weighted by molar-refractivity contribution is 2.02. The van der Waals surface area contributed by atoms with Crippen LogP contribution in [-0.4, -0.2) is 30.9 Å². The van der Waals surface area contributed by atoms with Gasteiger partial charge in [-0.05, 0) is 25.0 Å². The summed E-state index contributed by atoms with van der Waals surface area (Å²) in [5, 5.41) is 0. The lowest BCUT2D eigenvalue weighted by atomic mass is 11.8. The van der Waals surface area contributed by atoms with E-state index in [1.807, 2.05) is 0 Å². The van der Waals surface area contributed by atoms with Gasteiger partial charge in [0.25, 0.3) is 0 Å². The summed E-state index contributed by atoms with van der Waals surface area (Å²) in [6, 6.07) is 0. The van der Waals surface area contributed by atoms with E-state index in [1.165, 1.54) is 0 Å². The van der Waals surface area contributed by atoms with E-state index in [0.717, 1.165) is 0 Å². The van der Waals surface area contributed by atoms with Gasteiger partial charge in [0.05, 0.1) is 0 Å². The van der Waals surface area contributed by atoms with Crippen molar-refractivity contribution in [3.8, 4) is 0 Å². The van der Waals surface area contributed by atoms with Crippen molar-refractivity contribution in [2.24, 2.45) is 0 Å². The molecule has 0 heterocycles. The Bertz CT molecular complexity index is 81.6. The van der Waals surface area contributed by atoms with Crippen LogP contribution >= 0.6 is 8.75 Å². The molecule has 0 aliphatic heterocycles. The Morgan fingerprint density at radius 3 is 1.00 bits per heavy atom. The number of rotatable bonds is 0. The van der Waals surface area contributed by atoms with Crippen LogP contribution in [0.4, 0.5) is 0 Å². The third-order valence-corrected chi connectivity index (χ3v) is 0. The second-order valence-electron chi connectivity index (χ2n) is 3.60. The normalized spacial score (nSPS) is 19.0. The lowest BCUT2D eigenvalue weighted by Crippen LogP contribution is -1.94. The van der Waals surface area contributed by atoms with Crippen molar-refractivity contribution in [3.63, 3.8) is 0 Å². The molecule has 0 aliphatic rings. The minimum absolute atomic E-state index is 1.10. The summed E-state index contributed by atoms with van der Waals surface area (Å²) in [7, 11) is -1.10. The highest BCUT2D eigenvalue weighted by Crippen LogP contribution is 2.38. The first kappa shape index (κ1) is 6.22. The molecule has 0 nitrogen and oxygen atoms in total. The van der Waals surface area contributed by atoms with Crippen molar-refractivity contribution in [2.45, 2.75) is 0 Å². The maximum atomic E-state index is 4.01. The third-order valence-electron chi connectivity index (χ3n) is 0. The van der Waals surface area contributed by atoms with Crippen LogP contribution in [0.25, 0.3) is 0 Å². The summed E-state index contributed by atoms with van der Waals surface area (Å²) in [5.74, 6) is 4.01. The molecule has 0 unspecified atom stereocenters. The highest BCUT2D eigenvalue weighted by molar-refractivity contribution is 8.44. The molecule has 0 aromatic carbocycles. The number of hydrogen-bond acceptors (Lipinski definition) is 0. The van der Waals surface area contributed by atoms with Gasteiger partial charge < -0.3 is 0 Å². The molecule has 0 N–H and O–H groups in total. The van der Waals surface area contributed by atoms with Crippen LogP contribution in [-0.2, 0) is 0 Å². The molecule has 0 rings (SSSR count). The quantitative estimate of drug-likeness (QED) is 0.408. The Kier molecular flexibility index (Phi) is 0.923. The average Bonchev–Trinajstić information content (AvgIpc) is 0.650. The molecule has 0 radical (unpaired) electrons. The van der Waals surface area contributed by atoms with Crippen molar-refractivity contribution >= 4 is 14.6 Å². The van der Waals surface area contributed by atoms with E-state index in [-0.39, 0.29) is 0 Å². The lowest BCUT2D eigenvalue weighted by Gasteiger charge is -2.27. The summed E-state index contributed by atoms with van der Waals surface area (Å²) in [4.78, 5) is 0. The Balaban J connectivity index is 4.16. The van der Waals surface area contributed by atoms with Gasteiger partial charge >= 0.3 is 0 Å². The van der Waals surface area contributed by atoms with Gasteiger partial charge in [-0.2, -0.15) is 0 Å². The Morgan fingerprint density at radius 1 is 1.00 bits per heavy atom. The molecule has 0 fully saturated rings. The van der Waals surface area contributed by atoms with Gasteiger partial charge in [-0.1, -0.05) is 5.87 Å². The van der Waals surface area contributed by atoms with Crippen molar-refractivity contribution in [2.75, 3.05) is 25.0 Å². The minimum Gasteiger partial charge on any atom is -0.261 e. The molecule has 40 valence electrons. The molecule has 0 saturated heterocycles. The van der Waals surface area contributed by atoms with Crippen LogP contribution in [0, 0.1) is 0 Å². The van der Waals surface area contributed by atoms with E-state index in [0.29, 0.717) is 0 Å². The summed E-state index contributed by atoms with van der Waals surface area (Å²) >= 11 is 0. The first-order valence-corrected chi connectivity index (χ1v) is 5.77. The summed E-state index contributed by atoms with van der Waals surface area (Å²) < 4.78 is 0. The maximum absolute atomic E-state index is 4.01. The highest BCUT2D eigenvalue weighted by Gasteiger charge is 1.97.